The number of carbonyl (C=O) groups is 2. The van der Waals surface area contributed by atoms with E-state index in [1.165, 1.54) is 29.2 Å². The lowest BCUT2D eigenvalue weighted by Crippen LogP contribution is -2.53. The lowest BCUT2D eigenvalue weighted by Gasteiger charge is -2.37. The van der Waals surface area contributed by atoms with E-state index in [1.807, 2.05) is 6.07 Å². The number of fused-ring (bicyclic) bond motifs is 3. The summed E-state index contributed by atoms with van der Waals surface area (Å²) in [5.41, 5.74) is 5.97. The zero-order valence-corrected chi connectivity index (χ0v) is 13.0. The minimum atomic E-state index is -0.0932. The fourth-order valence-corrected chi connectivity index (χ4v) is 3.37. The van der Waals surface area contributed by atoms with Crippen molar-refractivity contribution in [2.24, 2.45) is 5.92 Å². The van der Waals surface area contributed by atoms with Crippen molar-refractivity contribution >= 4 is 17.5 Å². The third kappa shape index (κ3) is 2.40. The second-order valence-electron chi connectivity index (χ2n) is 6.32. The van der Waals surface area contributed by atoms with Gasteiger partial charge in [0.25, 0.3) is 0 Å². The topological polar surface area (TPSA) is 49.4 Å². The van der Waals surface area contributed by atoms with Gasteiger partial charge in [0.15, 0.2) is 0 Å². The fourth-order valence-electron chi connectivity index (χ4n) is 3.37. The van der Waals surface area contributed by atoms with Crippen molar-refractivity contribution in [3.05, 3.63) is 53.6 Å². The Labute approximate surface area is 135 Å². The maximum absolute atomic E-state index is 12.2. The molecule has 0 saturated carbocycles. The van der Waals surface area contributed by atoms with Crippen molar-refractivity contribution in [2.45, 2.75) is 13.3 Å². The van der Waals surface area contributed by atoms with Crippen LogP contribution in [-0.2, 0) is 16.0 Å². The molecule has 1 heterocycles. The molecule has 0 unspecified atom stereocenters. The summed E-state index contributed by atoms with van der Waals surface area (Å²) in [7, 11) is 0. The zero-order valence-electron chi connectivity index (χ0n) is 13.0. The van der Waals surface area contributed by atoms with Crippen LogP contribution in [0.15, 0.2) is 42.5 Å². The van der Waals surface area contributed by atoms with E-state index < -0.39 is 0 Å². The summed E-state index contributed by atoms with van der Waals surface area (Å²) in [6.07, 6.45) is 0.913. The summed E-state index contributed by atoms with van der Waals surface area (Å²) >= 11 is 0. The number of hydrogen-bond donors (Lipinski definition) is 1. The molecule has 4 nitrogen and oxygen atoms in total. The minimum Gasteiger partial charge on any atom is -0.341 e. The van der Waals surface area contributed by atoms with Gasteiger partial charge in [-0.15, -0.1) is 0 Å². The molecule has 1 aliphatic carbocycles. The van der Waals surface area contributed by atoms with Crippen molar-refractivity contribution in [1.29, 1.82) is 0 Å². The Bertz CT molecular complexity index is 807. The number of carbonyl (C=O) groups excluding carboxylic acids is 2. The predicted octanol–water partition coefficient (Wildman–Crippen LogP) is 2.67. The molecule has 2 aromatic carbocycles. The Morgan fingerprint density at radius 3 is 2.57 bits per heavy atom. The normalized spacial score (nSPS) is 15.6. The van der Waals surface area contributed by atoms with Gasteiger partial charge in [-0.1, -0.05) is 30.3 Å². The van der Waals surface area contributed by atoms with Gasteiger partial charge in [-0.25, -0.2) is 0 Å². The van der Waals surface area contributed by atoms with Gasteiger partial charge in [0.2, 0.25) is 11.8 Å². The molecule has 1 N–H and O–H groups in total. The summed E-state index contributed by atoms with van der Waals surface area (Å²) in [6.45, 7) is 2.58. The van der Waals surface area contributed by atoms with Crippen molar-refractivity contribution in [3.8, 4) is 11.1 Å². The largest absolute Gasteiger partial charge is 0.341 e. The number of hydrogen-bond acceptors (Lipinski definition) is 2. The number of rotatable bonds is 2. The molecule has 1 saturated heterocycles. The van der Waals surface area contributed by atoms with E-state index in [2.05, 4.69) is 41.7 Å². The molecule has 1 aliphatic heterocycles. The van der Waals surface area contributed by atoms with Crippen molar-refractivity contribution in [3.63, 3.8) is 0 Å². The Balaban J connectivity index is 1.47. The van der Waals surface area contributed by atoms with Gasteiger partial charge < -0.3 is 10.2 Å². The minimum absolute atomic E-state index is 0.00189. The van der Waals surface area contributed by atoms with Crippen LogP contribution >= 0.6 is 0 Å². The SMILES string of the molecule is CC(=O)N1CC(C(=O)Nc2ccc3c(c2)Cc2ccccc2-3)C1. The Hall–Kier alpha value is -2.62. The van der Waals surface area contributed by atoms with Crippen LogP contribution in [0, 0.1) is 5.92 Å². The van der Waals surface area contributed by atoms with E-state index in [-0.39, 0.29) is 17.7 Å². The van der Waals surface area contributed by atoms with Gasteiger partial charge in [0.1, 0.15) is 0 Å². The fraction of sp³-hybridized carbons (Fsp3) is 0.263. The Kier molecular flexibility index (Phi) is 3.18. The number of likely N-dealkylation sites (tertiary alicyclic amines) is 1. The molecular weight excluding hydrogens is 288 g/mol. The van der Waals surface area contributed by atoms with Crippen molar-refractivity contribution < 1.29 is 9.59 Å². The highest BCUT2D eigenvalue weighted by Crippen LogP contribution is 2.37. The van der Waals surface area contributed by atoms with Gasteiger partial charge >= 0.3 is 0 Å². The van der Waals surface area contributed by atoms with E-state index in [0.29, 0.717) is 13.1 Å². The molecule has 1 fully saturated rings. The molecule has 0 bridgehead atoms. The smallest absolute Gasteiger partial charge is 0.231 e. The average molecular weight is 306 g/mol. The van der Waals surface area contributed by atoms with Crippen LogP contribution in [0.3, 0.4) is 0 Å². The second kappa shape index (κ2) is 5.23. The molecule has 116 valence electrons. The highest BCUT2D eigenvalue weighted by Gasteiger charge is 2.34. The van der Waals surface area contributed by atoms with Gasteiger partial charge in [-0.3, -0.25) is 9.59 Å². The first kappa shape index (κ1) is 14.0. The van der Waals surface area contributed by atoms with Crippen LogP contribution in [0.4, 0.5) is 5.69 Å². The highest BCUT2D eigenvalue weighted by molar-refractivity contribution is 5.95. The maximum atomic E-state index is 12.2. The van der Waals surface area contributed by atoms with E-state index >= 15 is 0 Å². The molecule has 2 aromatic rings. The first-order valence-corrected chi connectivity index (χ1v) is 7.89. The molecule has 2 aliphatic rings. The van der Waals surface area contributed by atoms with Crippen molar-refractivity contribution in [1.82, 2.24) is 4.90 Å². The first-order chi connectivity index (χ1) is 11.1. The summed E-state index contributed by atoms with van der Waals surface area (Å²) in [6, 6.07) is 14.5. The lowest BCUT2D eigenvalue weighted by molar-refractivity contribution is -0.139. The Morgan fingerprint density at radius 2 is 1.78 bits per heavy atom. The molecule has 23 heavy (non-hydrogen) atoms. The maximum Gasteiger partial charge on any atom is 0.231 e. The van der Waals surface area contributed by atoms with Crippen LogP contribution in [0.1, 0.15) is 18.1 Å². The third-order valence-electron chi connectivity index (χ3n) is 4.76. The van der Waals surface area contributed by atoms with Gasteiger partial charge in [0, 0.05) is 25.7 Å². The van der Waals surface area contributed by atoms with E-state index in [4.69, 9.17) is 0 Å². The van der Waals surface area contributed by atoms with Crippen LogP contribution in [-0.4, -0.2) is 29.8 Å². The average Bonchev–Trinajstić information content (AvgIpc) is 2.82. The van der Waals surface area contributed by atoms with E-state index in [9.17, 15) is 9.59 Å². The summed E-state index contributed by atoms with van der Waals surface area (Å²) in [5.74, 6) is -0.0633. The van der Waals surface area contributed by atoms with E-state index in [1.54, 1.807) is 4.90 Å². The number of nitrogens with one attached hydrogen (secondary N) is 1. The molecule has 4 heteroatoms. The monoisotopic (exact) mass is 306 g/mol. The predicted molar refractivity (Wildman–Crippen MR) is 89.1 cm³/mol. The van der Waals surface area contributed by atoms with Crippen LogP contribution in [0.25, 0.3) is 11.1 Å². The van der Waals surface area contributed by atoms with Gasteiger partial charge in [-0.05, 0) is 40.8 Å². The molecule has 0 spiro atoms. The first-order valence-electron chi connectivity index (χ1n) is 7.89. The summed E-state index contributed by atoms with van der Waals surface area (Å²) in [5, 5.41) is 2.98. The quantitative estimate of drug-likeness (QED) is 0.791. The third-order valence-corrected chi connectivity index (χ3v) is 4.76. The molecule has 4 rings (SSSR count). The van der Waals surface area contributed by atoms with Gasteiger partial charge in [0.05, 0.1) is 5.92 Å². The van der Waals surface area contributed by atoms with E-state index in [0.717, 1.165) is 12.1 Å². The molecule has 2 amide bonds. The molecule has 0 radical (unpaired) electrons. The second-order valence-corrected chi connectivity index (χ2v) is 6.32. The Morgan fingerprint density at radius 1 is 1.04 bits per heavy atom. The number of nitrogens with zero attached hydrogens (tertiary/aromatic N) is 1. The molecular formula is C19H18N2O2. The molecule has 0 aromatic heterocycles. The standard InChI is InChI=1S/C19H18N2O2/c1-12(22)21-10-15(11-21)19(23)20-16-6-7-18-14(9-16)8-13-4-2-3-5-17(13)18/h2-7,9,15H,8,10-11H2,1H3,(H,20,23). The summed E-state index contributed by atoms with van der Waals surface area (Å²) in [4.78, 5) is 25.1. The van der Waals surface area contributed by atoms with Crippen LogP contribution in [0.5, 0.6) is 0 Å². The zero-order chi connectivity index (χ0) is 16.0. The summed E-state index contributed by atoms with van der Waals surface area (Å²) < 4.78 is 0. The van der Waals surface area contributed by atoms with Gasteiger partial charge in [-0.2, -0.15) is 0 Å². The van der Waals surface area contributed by atoms with Crippen LogP contribution in [0.2, 0.25) is 0 Å². The number of benzene rings is 2. The lowest BCUT2D eigenvalue weighted by atomic mass is 9.99. The van der Waals surface area contributed by atoms with Crippen LogP contribution < -0.4 is 5.32 Å². The number of anilines is 1. The molecule has 0 atom stereocenters. The number of amides is 2. The highest BCUT2D eigenvalue weighted by atomic mass is 16.2. The van der Waals surface area contributed by atoms with Crippen molar-refractivity contribution in [2.75, 3.05) is 18.4 Å².